The molecule has 2 fully saturated rings. The number of halogens is 1. The van der Waals surface area contributed by atoms with E-state index in [1.165, 1.54) is 23.5 Å². The molecule has 40 heavy (non-hydrogen) atoms. The number of hydrogen-bond donors (Lipinski definition) is 1. The summed E-state index contributed by atoms with van der Waals surface area (Å²) in [5.41, 5.74) is 2.08. The van der Waals surface area contributed by atoms with Crippen LogP contribution in [0.3, 0.4) is 0 Å². The van der Waals surface area contributed by atoms with E-state index in [1.54, 1.807) is 22.6 Å². The largest absolute Gasteiger partial charge is 0.332 e. The van der Waals surface area contributed by atoms with E-state index in [0.29, 0.717) is 29.7 Å². The molecule has 3 atom stereocenters. The Morgan fingerprint density at radius 3 is 2.65 bits per heavy atom. The van der Waals surface area contributed by atoms with Crippen LogP contribution in [-0.2, 0) is 10.0 Å². The molecule has 6 rings (SSSR count). The van der Waals surface area contributed by atoms with Crippen LogP contribution in [0.4, 0.5) is 15.2 Å². The van der Waals surface area contributed by atoms with Gasteiger partial charge in [-0.15, -0.1) is 11.3 Å². The first-order chi connectivity index (χ1) is 19.3. The normalized spacial score (nSPS) is 21.7. The maximum Gasteiger partial charge on any atom is 0.252 e. The molecular formula is C28H32FN7O2S2. The molecule has 9 nitrogen and oxygen atoms in total. The van der Waals surface area contributed by atoms with E-state index in [1.807, 2.05) is 42.9 Å². The zero-order valence-electron chi connectivity index (χ0n) is 22.4. The molecule has 4 aromatic rings. The van der Waals surface area contributed by atoms with Crippen molar-refractivity contribution in [1.82, 2.24) is 28.6 Å². The van der Waals surface area contributed by atoms with E-state index in [9.17, 15) is 12.8 Å². The van der Waals surface area contributed by atoms with Gasteiger partial charge in [-0.3, -0.25) is 4.90 Å². The second kappa shape index (κ2) is 11.0. The second-order valence-electron chi connectivity index (χ2n) is 10.4. The van der Waals surface area contributed by atoms with Gasteiger partial charge < -0.3 is 14.8 Å². The first-order valence-electron chi connectivity index (χ1n) is 13.3. The average molecular weight is 582 g/mol. The molecule has 3 aromatic heterocycles. The van der Waals surface area contributed by atoms with Crippen molar-refractivity contribution in [3.8, 4) is 0 Å². The Balaban J connectivity index is 1.20. The van der Waals surface area contributed by atoms with Crippen LogP contribution in [-0.4, -0.2) is 82.9 Å². The summed E-state index contributed by atoms with van der Waals surface area (Å²) in [7, 11) is -1.56. The highest BCUT2D eigenvalue weighted by atomic mass is 32.2. The maximum atomic E-state index is 13.7. The topological polar surface area (TPSA) is 86.6 Å². The molecule has 3 unspecified atom stereocenters. The van der Waals surface area contributed by atoms with Crippen LogP contribution in [0.25, 0.3) is 0 Å². The van der Waals surface area contributed by atoms with E-state index in [2.05, 4.69) is 43.6 Å². The van der Waals surface area contributed by atoms with Gasteiger partial charge in [-0.1, -0.05) is 18.2 Å². The third-order valence-electron chi connectivity index (χ3n) is 7.80. The highest BCUT2D eigenvalue weighted by molar-refractivity contribution is 7.91. The summed E-state index contributed by atoms with van der Waals surface area (Å²) in [5.74, 6) is 0.417. The van der Waals surface area contributed by atoms with Crippen molar-refractivity contribution >= 4 is 32.2 Å². The fourth-order valence-corrected chi connectivity index (χ4v) is 8.58. The smallest absolute Gasteiger partial charge is 0.252 e. The standard InChI is InChI=1S/C28H32FN7O2S2/c1-20(21-6-8-22(29)9-7-21)36-19-30-15-24(36)25-18-33(2)16-23-17-34(13-14-35(23)25)40(37,38)28-11-10-27(39-28)32-26-5-3-4-12-31-26/h3-12,15,19-20,23,25H,13-14,16-18H2,1-2H3,(H,31,32). The molecule has 2 aliphatic rings. The number of nitrogens with zero attached hydrogens (tertiary/aromatic N) is 6. The van der Waals surface area contributed by atoms with E-state index >= 15 is 0 Å². The fourth-order valence-electron chi connectivity index (χ4n) is 5.74. The van der Waals surface area contributed by atoms with Crippen LogP contribution in [0.15, 0.2) is 77.5 Å². The number of rotatable bonds is 7. The summed E-state index contributed by atoms with van der Waals surface area (Å²) < 4.78 is 45.0. The zero-order chi connectivity index (χ0) is 27.9. The zero-order valence-corrected chi connectivity index (χ0v) is 24.0. The minimum atomic E-state index is -3.64. The summed E-state index contributed by atoms with van der Waals surface area (Å²) in [5, 5.41) is 3.92. The van der Waals surface area contributed by atoms with Crippen molar-refractivity contribution in [2.75, 3.05) is 45.1 Å². The quantitative estimate of drug-likeness (QED) is 0.350. The van der Waals surface area contributed by atoms with E-state index in [0.717, 1.165) is 29.3 Å². The summed E-state index contributed by atoms with van der Waals surface area (Å²) in [6.07, 6.45) is 5.44. The molecule has 0 saturated carbocycles. The molecule has 1 N–H and O–H groups in total. The molecule has 210 valence electrons. The summed E-state index contributed by atoms with van der Waals surface area (Å²) in [6.45, 7) is 5.15. The third-order valence-corrected chi connectivity index (χ3v) is 11.1. The molecule has 5 heterocycles. The Morgan fingerprint density at radius 2 is 1.88 bits per heavy atom. The summed E-state index contributed by atoms with van der Waals surface area (Å²) in [4.78, 5) is 13.4. The first-order valence-corrected chi connectivity index (χ1v) is 15.5. The Kier molecular flexibility index (Phi) is 7.44. The third kappa shape index (κ3) is 5.29. The molecule has 12 heteroatoms. The van der Waals surface area contributed by atoms with Crippen molar-refractivity contribution in [3.05, 3.63) is 90.4 Å². The number of anilines is 2. The molecule has 0 bridgehead atoms. The Hall–Kier alpha value is -3.16. The van der Waals surface area contributed by atoms with Crippen molar-refractivity contribution < 1.29 is 12.8 Å². The predicted molar refractivity (Wildman–Crippen MR) is 154 cm³/mol. The molecule has 0 aliphatic carbocycles. The minimum Gasteiger partial charge on any atom is -0.332 e. The van der Waals surface area contributed by atoms with Gasteiger partial charge in [0.1, 0.15) is 15.8 Å². The van der Waals surface area contributed by atoms with Gasteiger partial charge in [0.15, 0.2) is 0 Å². The number of fused-ring (bicyclic) bond motifs is 1. The maximum absolute atomic E-state index is 13.7. The average Bonchev–Trinajstić information content (AvgIpc) is 3.63. The number of likely N-dealkylation sites (N-methyl/N-ethyl adjacent to an activating group) is 1. The molecule has 1 aromatic carbocycles. The Labute approximate surface area is 237 Å². The lowest BCUT2D eigenvalue weighted by Gasteiger charge is -2.50. The number of pyridine rings is 1. The number of sulfonamides is 1. The van der Waals surface area contributed by atoms with Crippen molar-refractivity contribution in [2.45, 2.75) is 29.3 Å². The van der Waals surface area contributed by atoms with Crippen LogP contribution in [0.1, 0.15) is 30.3 Å². The highest BCUT2D eigenvalue weighted by Crippen LogP contribution is 2.36. The van der Waals surface area contributed by atoms with Gasteiger partial charge in [0.25, 0.3) is 10.0 Å². The highest BCUT2D eigenvalue weighted by Gasteiger charge is 2.42. The number of aromatic nitrogens is 3. The Bertz CT molecular complexity index is 1560. The van der Waals surface area contributed by atoms with Gasteiger partial charge in [0.05, 0.1) is 29.1 Å². The van der Waals surface area contributed by atoms with Crippen LogP contribution >= 0.6 is 11.3 Å². The number of imidazole rings is 1. The van der Waals surface area contributed by atoms with Crippen LogP contribution < -0.4 is 5.32 Å². The minimum absolute atomic E-state index is 0.0156. The van der Waals surface area contributed by atoms with Crippen molar-refractivity contribution in [3.63, 3.8) is 0 Å². The van der Waals surface area contributed by atoms with Gasteiger partial charge in [0.2, 0.25) is 0 Å². The number of nitrogens with one attached hydrogen (secondary N) is 1. The molecule has 0 amide bonds. The SMILES string of the molecule is CC(c1ccc(F)cc1)n1cncc1C1CN(C)CC2CN(S(=O)(=O)c3ccc(Nc4ccccn4)s3)CCN21. The van der Waals surface area contributed by atoms with Gasteiger partial charge in [0, 0.05) is 51.2 Å². The van der Waals surface area contributed by atoms with Gasteiger partial charge in [-0.2, -0.15) is 4.31 Å². The van der Waals surface area contributed by atoms with E-state index < -0.39 is 10.0 Å². The Morgan fingerprint density at radius 1 is 1.05 bits per heavy atom. The van der Waals surface area contributed by atoms with Crippen LogP contribution in [0.5, 0.6) is 0 Å². The molecule has 2 saturated heterocycles. The van der Waals surface area contributed by atoms with Gasteiger partial charge in [-0.05, 0) is 55.9 Å². The van der Waals surface area contributed by atoms with Gasteiger partial charge >= 0.3 is 0 Å². The summed E-state index contributed by atoms with van der Waals surface area (Å²) >= 11 is 1.22. The fraction of sp³-hybridized carbons (Fsp3) is 0.357. The predicted octanol–water partition coefficient (Wildman–Crippen LogP) is 4.19. The van der Waals surface area contributed by atoms with E-state index in [4.69, 9.17) is 0 Å². The number of piperazine rings is 2. The number of hydrogen-bond acceptors (Lipinski definition) is 8. The summed E-state index contributed by atoms with van der Waals surface area (Å²) in [6, 6.07) is 15.7. The molecular weight excluding hydrogens is 549 g/mol. The van der Waals surface area contributed by atoms with Crippen molar-refractivity contribution in [2.24, 2.45) is 0 Å². The van der Waals surface area contributed by atoms with Crippen LogP contribution in [0.2, 0.25) is 0 Å². The monoisotopic (exact) mass is 581 g/mol. The van der Waals surface area contributed by atoms with Crippen LogP contribution in [0, 0.1) is 5.82 Å². The molecule has 2 aliphatic heterocycles. The molecule has 0 spiro atoms. The lowest BCUT2D eigenvalue weighted by atomic mass is 10.0. The number of benzene rings is 1. The van der Waals surface area contributed by atoms with Crippen molar-refractivity contribution in [1.29, 1.82) is 0 Å². The molecule has 0 radical (unpaired) electrons. The first kappa shape index (κ1) is 27.0. The second-order valence-corrected chi connectivity index (χ2v) is 13.7. The lowest BCUT2D eigenvalue weighted by Crippen LogP contribution is -2.63. The lowest BCUT2D eigenvalue weighted by molar-refractivity contribution is -0.00314. The van der Waals surface area contributed by atoms with E-state index in [-0.39, 0.29) is 23.9 Å². The number of thiophene rings is 1. The van der Waals surface area contributed by atoms with Gasteiger partial charge in [-0.25, -0.2) is 22.8 Å².